The van der Waals surface area contributed by atoms with E-state index in [1.807, 2.05) is 19.1 Å². The molecule has 0 atom stereocenters. The predicted octanol–water partition coefficient (Wildman–Crippen LogP) is 3.23. The molecule has 0 radical (unpaired) electrons. The largest absolute Gasteiger partial charge is 0.440 e. The van der Waals surface area contributed by atoms with E-state index in [1.165, 1.54) is 12.1 Å². The minimum Gasteiger partial charge on any atom is -0.440 e. The van der Waals surface area contributed by atoms with Crippen LogP contribution in [-0.4, -0.2) is 17.6 Å². The van der Waals surface area contributed by atoms with E-state index in [9.17, 15) is 4.79 Å². The Hall–Kier alpha value is -2.22. The number of nitrogens with one attached hydrogen (secondary N) is 1. The van der Waals surface area contributed by atoms with Gasteiger partial charge in [-0.2, -0.15) is 0 Å². The molecule has 0 saturated heterocycles. The lowest BCUT2D eigenvalue weighted by Gasteiger charge is -2.05. The average molecular weight is 304 g/mol. The molecule has 1 amide bonds. The van der Waals surface area contributed by atoms with E-state index >= 15 is 0 Å². The Kier molecular flexibility index (Phi) is 5.04. The summed E-state index contributed by atoms with van der Waals surface area (Å²) >= 11 is 5.64. The van der Waals surface area contributed by atoms with E-state index in [4.69, 9.17) is 21.1 Å². The molecule has 108 valence electrons. The van der Waals surface area contributed by atoms with Crippen LogP contribution in [-0.2, 0) is 0 Å². The van der Waals surface area contributed by atoms with Gasteiger partial charge >= 0.3 is 0 Å². The summed E-state index contributed by atoms with van der Waals surface area (Å²) in [7, 11) is 0. The number of hydrogen-bond donors (Lipinski definition) is 2. The van der Waals surface area contributed by atoms with Gasteiger partial charge in [-0.1, -0.05) is 11.8 Å². The van der Waals surface area contributed by atoms with Crippen molar-refractivity contribution in [3.8, 4) is 11.8 Å². The molecule has 2 aromatic rings. The minimum absolute atomic E-state index is 0.0294. The predicted molar refractivity (Wildman–Crippen MR) is 81.4 cm³/mol. The zero-order chi connectivity index (χ0) is 15.2. The first-order valence-electron chi connectivity index (χ1n) is 6.36. The number of aliphatic hydroxyl groups excluding tert-OH is 1. The number of carbonyl (C=O) groups is 1. The summed E-state index contributed by atoms with van der Waals surface area (Å²) in [6.45, 7) is 1.94. The molecule has 0 aliphatic rings. The number of anilines is 1. The van der Waals surface area contributed by atoms with Crippen molar-refractivity contribution in [1.29, 1.82) is 0 Å². The van der Waals surface area contributed by atoms with E-state index in [0.29, 0.717) is 12.1 Å². The summed E-state index contributed by atoms with van der Waals surface area (Å²) < 4.78 is 5.06. The van der Waals surface area contributed by atoms with E-state index in [-0.39, 0.29) is 23.5 Å². The van der Waals surface area contributed by atoms with Crippen molar-refractivity contribution in [1.82, 2.24) is 0 Å². The summed E-state index contributed by atoms with van der Waals surface area (Å²) in [5.41, 5.74) is 2.37. The van der Waals surface area contributed by atoms with Crippen molar-refractivity contribution in [3.63, 3.8) is 0 Å². The highest BCUT2D eigenvalue weighted by Gasteiger charge is 2.11. The van der Waals surface area contributed by atoms with Crippen LogP contribution in [0, 0.1) is 18.8 Å². The van der Waals surface area contributed by atoms with Crippen molar-refractivity contribution in [2.75, 3.05) is 11.9 Å². The van der Waals surface area contributed by atoms with Crippen LogP contribution in [0.2, 0.25) is 5.22 Å². The molecule has 0 aliphatic heterocycles. The number of aliphatic hydroxyl groups is 1. The third kappa shape index (κ3) is 4.38. The second kappa shape index (κ2) is 6.98. The topological polar surface area (TPSA) is 62.5 Å². The quantitative estimate of drug-likeness (QED) is 0.856. The SMILES string of the molecule is Cc1cc(C#CCCO)cc(NC(=O)c2ccc(Cl)o2)c1. The molecule has 0 aliphatic carbocycles. The third-order valence-corrected chi connectivity index (χ3v) is 2.80. The molecule has 0 saturated carbocycles. The van der Waals surface area contributed by atoms with Crippen LogP contribution in [0.1, 0.15) is 28.1 Å². The molecule has 1 heterocycles. The van der Waals surface area contributed by atoms with Crippen LogP contribution in [0.15, 0.2) is 34.7 Å². The van der Waals surface area contributed by atoms with Crippen molar-refractivity contribution in [2.45, 2.75) is 13.3 Å². The van der Waals surface area contributed by atoms with Gasteiger partial charge in [0.2, 0.25) is 0 Å². The summed E-state index contributed by atoms with van der Waals surface area (Å²) in [5, 5.41) is 11.6. The minimum atomic E-state index is -0.373. The van der Waals surface area contributed by atoms with Gasteiger partial charge in [0.1, 0.15) is 0 Å². The van der Waals surface area contributed by atoms with Gasteiger partial charge in [0, 0.05) is 17.7 Å². The van der Waals surface area contributed by atoms with Gasteiger partial charge in [-0.3, -0.25) is 4.79 Å². The maximum absolute atomic E-state index is 12.0. The molecule has 5 heteroatoms. The zero-order valence-corrected chi connectivity index (χ0v) is 12.2. The fourth-order valence-corrected chi connectivity index (χ4v) is 1.92. The molecule has 2 rings (SSSR count). The van der Waals surface area contributed by atoms with Gasteiger partial charge < -0.3 is 14.8 Å². The number of halogens is 1. The standard InChI is InChI=1S/C16H14ClNO3/c1-11-8-12(4-2-3-7-19)10-13(9-11)18-16(20)14-5-6-15(17)21-14/h5-6,8-10,19H,3,7H2,1H3,(H,18,20). The average Bonchev–Trinajstić information content (AvgIpc) is 2.85. The lowest BCUT2D eigenvalue weighted by atomic mass is 10.1. The lowest BCUT2D eigenvalue weighted by Crippen LogP contribution is -2.11. The second-order valence-corrected chi connectivity index (χ2v) is 4.79. The van der Waals surface area contributed by atoms with Crippen molar-refractivity contribution >= 4 is 23.2 Å². The molecule has 0 unspecified atom stereocenters. The van der Waals surface area contributed by atoms with Crippen LogP contribution in [0.4, 0.5) is 5.69 Å². The molecule has 0 spiro atoms. The van der Waals surface area contributed by atoms with Crippen LogP contribution in [0.3, 0.4) is 0 Å². The summed E-state index contributed by atoms with van der Waals surface area (Å²) in [5.74, 6) is 5.56. The fourth-order valence-electron chi connectivity index (χ4n) is 1.78. The number of furan rings is 1. The van der Waals surface area contributed by atoms with E-state index in [2.05, 4.69) is 17.2 Å². The van der Waals surface area contributed by atoms with Crippen LogP contribution < -0.4 is 5.32 Å². The number of aryl methyl sites for hydroxylation is 1. The van der Waals surface area contributed by atoms with E-state index in [1.54, 1.807) is 6.07 Å². The molecule has 0 bridgehead atoms. The number of amides is 1. The van der Waals surface area contributed by atoms with Crippen molar-refractivity contribution in [3.05, 3.63) is 52.4 Å². The molecule has 4 nitrogen and oxygen atoms in total. The van der Waals surface area contributed by atoms with Crippen LogP contribution >= 0.6 is 11.6 Å². The third-order valence-electron chi connectivity index (χ3n) is 2.60. The Labute approximate surface area is 127 Å². The monoisotopic (exact) mass is 303 g/mol. The van der Waals surface area contributed by atoms with Gasteiger partial charge in [0.25, 0.3) is 5.91 Å². The van der Waals surface area contributed by atoms with Crippen molar-refractivity contribution in [2.24, 2.45) is 0 Å². The summed E-state index contributed by atoms with van der Waals surface area (Å²) in [6.07, 6.45) is 0.417. The van der Waals surface area contributed by atoms with E-state index in [0.717, 1.165) is 11.1 Å². The van der Waals surface area contributed by atoms with Gasteiger partial charge in [-0.25, -0.2) is 0 Å². The zero-order valence-electron chi connectivity index (χ0n) is 11.4. The highest BCUT2D eigenvalue weighted by atomic mass is 35.5. The molecule has 2 N–H and O–H groups in total. The number of hydrogen-bond acceptors (Lipinski definition) is 3. The molecule has 1 aromatic carbocycles. The van der Waals surface area contributed by atoms with Crippen molar-refractivity contribution < 1.29 is 14.3 Å². The number of carbonyl (C=O) groups excluding carboxylic acids is 1. The summed E-state index contributed by atoms with van der Waals surface area (Å²) in [4.78, 5) is 12.0. The normalized spacial score (nSPS) is 9.86. The molecule has 0 fully saturated rings. The first-order valence-corrected chi connectivity index (χ1v) is 6.74. The highest BCUT2D eigenvalue weighted by molar-refractivity contribution is 6.29. The molecule has 21 heavy (non-hydrogen) atoms. The van der Waals surface area contributed by atoms with Crippen LogP contribution in [0.5, 0.6) is 0 Å². The molecular weight excluding hydrogens is 290 g/mol. The molecule has 1 aromatic heterocycles. The fraction of sp³-hybridized carbons (Fsp3) is 0.188. The molecular formula is C16H14ClNO3. The van der Waals surface area contributed by atoms with E-state index < -0.39 is 0 Å². The first-order chi connectivity index (χ1) is 10.1. The van der Waals surface area contributed by atoms with Gasteiger partial charge in [-0.15, -0.1) is 0 Å². The highest BCUT2D eigenvalue weighted by Crippen LogP contribution is 2.17. The Bertz CT molecular complexity index is 710. The van der Waals surface area contributed by atoms with Crippen LogP contribution in [0.25, 0.3) is 0 Å². The maximum Gasteiger partial charge on any atom is 0.291 e. The Morgan fingerprint density at radius 3 is 2.86 bits per heavy atom. The number of benzene rings is 1. The second-order valence-electron chi connectivity index (χ2n) is 4.42. The Morgan fingerprint density at radius 2 is 2.19 bits per heavy atom. The van der Waals surface area contributed by atoms with Gasteiger partial charge in [-0.05, 0) is 54.4 Å². The maximum atomic E-state index is 12.0. The van der Waals surface area contributed by atoms with Gasteiger partial charge in [0.05, 0.1) is 6.61 Å². The smallest absolute Gasteiger partial charge is 0.291 e. The summed E-state index contributed by atoms with van der Waals surface area (Å²) in [6, 6.07) is 8.53. The number of rotatable bonds is 3. The lowest BCUT2D eigenvalue weighted by molar-refractivity contribution is 0.0997. The first kappa shape index (κ1) is 15.2. The van der Waals surface area contributed by atoms with Gasteiger partial charge in [0.15, 0.2) is 11.0 Å². The Balaban J connectivity index is 2.17. The Morgan fingerprint density at radius 1 is 1.38 bits per heavy atom.